The van der Waals surface area contributed by atoms with Gasteiger partial charge in [-0.15, -0.1) is 11.8 Å². The highest BCUT2D eigenvalue weighted by Crippen LogP contribution is 2.21. The molecule has 0 fully saturated rings. The van der Waals surface area contributed by atoms with Crippen molar-refractivity contribution in [3.63, 3.8) is 0 Å². The van der Waals surface area contributed by atoms with Crippen molar-refractivity contribution in [2.24, 2.45) is 0 Å². The van der Waals surface area contributed by atoms with Gasteiger partial charge in [0.2, 0.25) is 5.91 Å². The van der Waals surface area contributed by atoms with Crippen molar-refractivity contribution in [2.45, 2.75) is 17.9 Å². The van der Waals surface area contributed by atoms with Gasteiger partial charge in [0.1, 0.15) is 0 Å². The first-order valence-corrected chi connectivity index (χ1v) is 8.83. The second-order valence-electron chi connectivity index (χ2n) is 5.41. The molecule has 0 saturated carbocycles. The minimum Gasteiger partial charge on any atom is -0.325 e. The monoisotopic (exact) mass is 361 g/mol. The number of carbonyl (C=O) groups is 1. The number of H-pyrrole nitrogens is 2. The SMILES string of the molecule is C[C@H](SCc1ccc(Cl)cc1)C(=O)Nc1ccc2[nH]c(=O)[nH]c2c1. The zero-order chi connectivity index (χ0) is 17.1. The van der Waals surface area contributed by atoms with Gasteiger partial charge in [-0.2, -0.15) is 0 Å². The minimum atomic E-state index is -0.264. The molecule has 0 spiro atoms. The Hall–Kier alpha value is -2.18. The van der Waals surface area contributed by atoms with E-state index in [0.29, 0.717) is 21.7 Å². The molecule has 1 atom stereocenters. The third-order valence-electron chi connectivity index (χ3n) is 3.57. The van der Waals surface area contributed by atoms with E-state index in [1.54, 1.807) is 30.0 Å². The van der Waals surface area contributed by atoms with Crippen LogP contribution in [0.2, 0.25) is 5.02 Å². The summed E-state index contributed by atoms with van der Waals surface area (Å²) in [4.78, 5) is 28.9. The lowest BCUT2D eigenvalue weighted by Crippen LogP contribution is -2.22. The number of hydrogen-bond donors (Lipinski definition) is 3. The summed E-state index contributed by atoms with van der Waals surface area (Å²) < 4.78 is 0. The van der Waals surface area contributed by atoms with Crippen LogP contribution in [-0.2, 0) is 10.5 Å². The summed E-state index contributed by atoms with van der Waals surface area (Å²) in [6.07, 6.45) is 0. The van der Waals surface area contributed by atoms with Crippen molar-refractivity contribution in [3.8, 4) is 0 Å². The summed E-state index contributed by atoms with van der Waals surface area (Å²) in [5.74, 6) is 0.654. The number of hydrogen-bond acceptors (Lipinski definition) is 3. The number of aromatic nitrogens is 2. The van der Waals surface area contributed by atoms with E-state index in [9.17, 15) is 9.59 Å². The molecule has 1 heterocycles. The molecule has 0 radical (unpaired) electrons. The molecular weight excluding hydrogens is 346 g/mol. The van der Waals surface area contributed by atoms with Crippen LogP contribution in [0.3, 0.4) is 0 Å². The molecule has 124 valence electrons. The van der Waals surface area contributed by atoms with Crippen LogP contribution < -0.4 is 11.0 Å². The maximum atomic E-state index is 12.3. The fourth-order valence-corrected chi connectivity index (χ4v) is 3.20. The molecule has 0 aliphatic heterocycles. The van der Waals surface area contributed by atoms with Crippen LogP contribution in [0.5, 0.6) is 0 Å². The molecular formula is C17H16ClN3O2S. The van der Waals surface area contributed by atoms with E-state index >= 15 is 0 Å². The molecule has 1 amide bonds. The van der Waals surface area contributed by atoms with Crippen molar-refractivity contribution >= 4 is 46.0 Å². The first kappa shape index (κ1) is 16.7. The van der Waals surface area contributed by atoms with Crippen molar-refractivity contribution in [3.05, 3.63) is 63.5 Å². The number of halogens is 1. The van der Waals surface area contributed by atoms with Crippen molar-refractivity contribution < 1.29 is 4.79 Å². The van der Waals surface area contributed by atoms with Gasteiger partial charge < -0.3 is 15.3 Å². The van der Waals surface area contributed by atoms with Crippen LogP contribution in [0, 0.1) is 0 Å². The lowest BCUT2D eigenvalue weighted by atomic mass is 10.2. The zero-order valence-corrected chi connectivity index (χ0v) is 14.5. The van der Waals surface area contributed by atoms with Gasteiger partial charge in [0.15, 0.2) is 0 Å². The molecule has 0 aliphatic carbocycles. The number of carbonyl (C=O) groups excluding carboxylic acids is 1. The van der Waals surface area contributed by atoms with Crippen molar-refractivity contribution in [2.75, 3.05) is 5.32 Å². The Labute approximate surface area is 147 Å². The van der Waals surface area contributed by atoms with Crippen LogP contribution >= 0.6 is 23.4 Å². The van der Waals surface area contributed by atoms with E-state index in [1.807, 2.05) is 31.2 Å². The van der Waals surface area contributed by atoms with Gasteiger partial charge in [0, 0.05) is 16.5 Å². The summed E-state index contributed by atoms with van der Waals surface area (Å²) in [5.41, 5.74) is 2.89. The Kier molecular flexibility index (Phi) is 4.97. The summed E-state index contributed by atoms with van der Waals surface area (Å²) in [6, 6.07) is 12.9. The number of benzene rings is 2. The van der Waals surface area contributed by atoms with Gasteiger partial charge in [0.05, 0.1) is 16.3 Å². The van der Waals surface area contributed by atoms with E-state index in [4.69, 9.17) is 11.6 Å². The third kappa shape index (κ3) is 4.01. The van der Waals surface area contributed by atoms with E-state index in [-0.39, 0.29) is 16.8 Å². The van der Waals surface area contributed by atoms with Gasteiger partial charge in [-0.3, -0.25) is 4.79 Å². The average molecular weight is 362 g/mol. The van der Waals surface area contributed by atoms with Gasteiger partial charge in [-0.05, 0) is 42.8 Å². The molecule has 1 aromatic heterocycles. The van der Waals surface area contributed by atoms with E-state index in [2.05, 4.69) is 15.3 Å². The zero-order valence-electron chi connectivity index (χ0n) is 12.9. The van der Waals surface area contributed by atoms with Crippen LogP contribution in [0.4, 0.5) is 5.69 Å². The quantitative estimate of drug-likeness (QED) is 0.647. The molecule has 0 saturated heterocycles. The highest BCUT2D eigenvalue weighted by atomic mass is 35.5. The Morgan fingerprint density at radius 3 is 2.62 bits per heavy atom. The van der Waals surface area contributed by atoms with Crippen LogP contribution in [0.15, 0.2) is 47.3 Å². The normalized spacial score (nSPS) is 12.2. The van der Waals surface area contributed by atoms with Crippen molar-refractivity contribution in [1.82, 2.24) is 9.97 Å². The van der Waals surface area contributed by atoms with Crippen LogP contribution in [0.25, 0.3) is 11.0 Å². The number of thioether (sulfide) groups is 1. The fraction of sp³-hybridized carbons (Fsp3) is 0.176. The number of nitrogens with one attached hydrogen (secondary N) is 3. The number of amides is 1. The molecule has 2 aromatic carbocycles. The number of rotatable bonds is 5. The topological polar surface area (TPSA) is 77.8 Å². The van der Waals surface area contributed by atoms with E-state index in [1.165, 1.54) is 0 Å². The molecule has 0 bridgehead atoms. The Morgan fingerprint density at radius 1 is 1.17 bits per heavy atom. The largest absolute Gasteiger partial charge is 0.325 e. The lowest BCUT2D eigenvalue weighted by molar-refractivity contribution is -0.115. The smallest absolute Gasteiger partial charge is 0.323 e. The predicted molar refractivity (Wildman–Crippen MR) is 99.8 cm³/mol. The minimum absolute atomic E-state index is 0.0776. The average Bonchev–Trinajstić information content (AvgIpc) is 2.93. The first-order chi connectivity index (χ1) is 11.5. The molecule has 0 unspecified atom stereocenters. The predicted octanol–water partition coefficient (Wildman–Crippen LogP) is 3.77. The Bertz CT molecular complexity index is 917. The number of aromatic amines is 2. The number of imidazole rings is 1. The molecule has 24 heavy (non-hydrogen) atoms. The number of anilines is 1. The Balaban J connectivity index is 1.60. The standard InChI is InChI=1S/C17H16ClN3O2S/c1-10(24-9-11-2-4-12(18)5-3-11)16(22)19-13-6-7-14-15(8-13)21-17(23)20-14/h2-8,10H,9H2,1H3,(H,19,22)(H2,20,21,23)/t10-/m0/s1. The van der Waals surface area contributed by atoms with Crippen molar-refractivity contribution in [1.29, 1.82) is 0 Å². The maximum Gasteiger partial charge on any atom is 0.323 e. The van der Waals surface area contributed by atoms with Gasteiger partial charge in [-0.1, -0.05) is 23.7 Å². The van der Waals surface area contributed by atoms with E-state index < -0.39 is 0 Å². The molecule has 3 aromatic rings. The van der Waals surface area contributed by atoms with Gasteiger partial charge in [0.25, 0.3) is 0 Å². The second kappa shape index (κ2) is 7.15. The number of fused-ring (bicyclic) bond motifs is 1. The van der Waals surface area contributed by atoms with Gasteiger partial charge in [-0.25, -0.2) is 4.79 Å². The Morgan fingerprint density at radius 2 is 1.88 bits per heavy atom. The summed E-state index contributed by atoms with van der Waals surface area (Å²) in [6.45, 7) is 1.87. The summed E-state index contributed by atoms with van der Waals surface area (Å²) in [5, 5.41) is 3.37. The fourth-order valence-electron chi connectivity index (χ4n) is 2.23. The lowest BCUT2D eigenvalue weighted by Gasteiger charge is -2.12. The van der Waals surface area contributed by atoms with Crippen LogP contribution in [-0.4, -0.2) is 21.1 Å². The third-order valence-corrected chi connectivity index (χ3v) is 5.03. The molecule has 7 heteroatoms. The maximum absolute atomic E-state index is 12.3. The van der Waals surface area contributed by atoms with E-state index in [0.717, 1.165) is 11.3 Å². The highest BCUT2D eigenvalue weighted by molar-refractivity contribution is 7.99. The molecule has 3 N–H and O–H groups in total. The summed E-state index contributed by atoms with van der Waals surface area (Å²) >= 11 is 7.41. The second-order valence-corrected chi connectivity index (χ2v) is 7.17. The van der Waals surface area contributed by atoms with Gasteiger partial charge >= 0.3 is 5.69 Å². The first-order valence-electron chi connectivity index (χ1n) is 7.40. The molecule has 5 nitrogen and oxygen atoms in total. The molecule has 0 aliphatic rings. The van der Waals surface area contributed by atoms with Crippen LogP contribution in [0.1, 0.15) is 12.5 Å². The molecule has 3 rings (SSSR count). The summed E-state index contributed by atoms with van der Waals surface area (Å²) in [7, 11) is 0. The highest BCUT2D eigenvalue weighted by Gasteiger charge is 2.14.